The quantitative estimate of drug-likeness (QED) is 0.847. The van der Waals surface area contributed by atoms with E-state index in [9.17, 15) is 0 Å². The van der Waals surface area contributed by atoms with E-state index in [0.717, 1.165) is 19.4 Å². The molecule has 0 saturated carbocycles. The lowest BCUT2D eigenvalue weighted by Crippen LogP contribution is -2.17. The number of nitrogens with one attached hydrogen (secondary N) is 1. The van der Waals surface area contributed by atoms with Crippen molar-refractivity contribution >= 4 is 11.3 Å². The molecule has 0 aliphatic carbocycles. The SMILES string of the molecule is CNCC(CCc1nccs1)c1ccccc1. The van der Waals surface area contributed by atoms with Gasteiger partial charge in [-0.05, 0) is 31.4 Å². The zero-order valence-electron chi connectivity index (χ0n) is 10.1. The molecular formula is C14H18N2S. The van der Waals surface area contributed by atoms with E-state index < -0.39 is 0 Å². The van der Waals surface area contributed by atoms with E-state index >= 15 is 0 Å². The van der Waals surface area contributed by atoms with Crippen molar-refractivity contribution in [1.82, 2.24) is 10.3 Å². The number of aromatic nitrogens is 1. The summed E-state index contributed by atoms with van der Waals surface area (Å²) in [6.07, 6.45) is 4.10. The second kappa shape index (κ2) is 6.52. The number of rotatable bonds is 6. The minimum atomic E-state index is 0.574. The molecule has 0 aliphatic rings. The number of hydrogen-bond acceptors (Lipinski definition) is 3. The topological polar surface area (TPSA) is 24.9 Å². The first-order valence-electron chi connectivity index (χ1n) is 5.98. The van der Waals surface area contributed by atoms with Gasteiger partial charge >= 0.3 is 0 Å². The van der Waals surface area contributed by atoms with Crippen molar-refractivity contribution in [2.24, 2.45) is 0 Å². The van der Waals surface area contributed by atoms with Crippen molar-refractivity contribution in [3.63, 3.8) is 0 Å². The molecule has 1 unspecified atom stereocenters. The van der Waals surface area contributed by atoms with Gasteiger partial charge in [-0.3, -0.25) is 0 Å². The monoisotopic (exact) mass is 246 g/mol. The van der Waals surface area contributed by atoms with Gasteiger partial charge in [-0.2, -0.15) is 0 Å². The van der Waals surface area contributed by atoms with Gasteiger partial charge in [0.25, 0.3) is 0 Å². The molecule has 3 heteroatoms. The van der Waals surface area contributed by atoms with E-state index in [2.05, 4.69) is 40.6 Å². The molecule has 1 atom stereocenters. The highest BCUT2D eigenvalue weighted by atomic mass is 32.1. The Morgan fingerprint density at radius 3 is 2.76 bits per heavy atom. The van der Waals surface area contributed by atoms with E-state index in [-0.39, 0.29) is 0 Å². The molecule has 0 saturated heterocycles. The Kier molecular flexibility index (Phi) is 4.71. The van der Waals surface area contributed by atoms with Crippen LogP contribution in [0.1, 0.15) is 22.9 Å². The van der Waals surface area contributed by atoms with Crippen molar-refractivity contribution in [2.45, 2.75) is 18.8 Å². The van der Waals surface area contributed by atoms with E-state index in [1.54, 1.807) is 11.3 Å². The summed E-state index contributed by atoms with van der Waals surface area (Å²) in [6, 6.07) is 10.7. The molecule has 2 nitrogen and oxygen atoms in total. The number of benzene rings is 1. The minimum absolute atomic E-state index is 0.574. The van der Waals surface area contributed by atoms with Crippen molar-refractivity contribution in [3.8, 4) is 0 Å². The van der Waals surface area contributed by atoms with Crippen LogP contribution in [-0.2, 0) is 6.42 Å². The van der Waals surface area contributed by atoms with Gasteiger partial charge in [-0.15, -0.1) is 11.3 Å². The van der Waals surface area contributed by atoms with Gasteiger partial charge < -0.3 is 5.32 Å². The minimum Gasteiger partial charge on any atom is -0.319 e. The van der Waals surface area contributed by atoms with Crippen LogP contribution >= 0.6 is 11.3 Å². The Labute approximate surface area is 107 Å². The lowest BCUT2D eigenvalue weighted by atomic mass is 9.94. The number of aryl methyl sites for hydroxylation is 1. The molecule has 0 fully saturated rings. The fourth-order valence-electron chi connectivity index (χ4n) is 2.03. The molecule has 0 radical (unpaired) electrons. The molecule has 17 heavy (non-hydrogen) atoms. The van der Waals surface area contributed by atoms with Gasteiger partial charge in [0.1, 0.15) is 0 Å². The number of likely N-dealkylation sites (N-methyl/N-ethyl adjacent to an activating group) is 1. The second-order valence-corrected chi connectivity index (χ2v) is 5.11. The van der Waals surface area contributed by atoms with Crippen molar-refractivity contribution < 1.29 is 0 Å². The standard InChI is InChI=1S/C14H18N2S/c1-15-11-13(12-5-3-2-4-6-12)7-8-14-16-9-10-17-14/h2-6,9-10,13,15H,7-8,11H2,1H3. The molecular weight excluding hydrogens is 228 g/mol. The highest BCUT2D eigenvalue weighted by molar-refractivity contribution is 7.09. The third-order valence-electron chi connectivity index (χ3n) is 2.91. The van der Waals surface area contributed by atoms with Gasteiger partial charge in [-0.25, -0.2) is 4.98 Å². The van der Waals surface area contributed by atoms with Crippen LogP contribution in [0.2, 0.25) is 0 Å². The van der Waals surface area contributed by atoms with Crippen LogP contribution in [0.15, 0.2) is 41.9 Å². The zero-order valence-corrected chi connectivity index (χ0v) is 10.9. The molecule has 1 N–H and O–H groups in total. The van der Waals surface area contributed by atoms with Gasteiger partial charge in [0.05, 0.1) is 5.01 Å². The molecule has 0 spiro atoms. The van der Waals surface area contributed by atoms with Crippen LogP contribution in [0.25, 0.3) is 0 Å². The summed E-state index contributed by atoms with van der Waals surface area (Å²) in [5.41, 5.74) is 1.42. The Morgan fingerprint density at radius 2 is 2.12 bits per heavy atom. The molecule has 1 aromatic heterocycles. The third kappa shape index (κ3) is 3.65. The summed E-state index contributed by atoms with van der Waals surface area (Å²) in [5, 5.41) is 6.56. The predicted octanol–water partition coefficient (Wildman–Crippen LogP) is 3.08. The van der Waals surface area contributed by atoms with Gasteiger partial charge in [0.2, 0.25) is 0 Å². The Bertz CT molecular complexity index is 411. The highest BCUT2D eigenvalue weighted by Crippen LogP contribution is 2.21. The van der Waals surface area contributed by atoms with Gasteiger partial charge in [0, 0.05) is 18.1 Å². The molecule has 2 rings (SSSR count). The molecule has 1 heterocycles. The average molecular weight is 246 g/mol. The predicted molar refractivity (Wildman–Crippen MR) is 73.5 cm³/mol. The summed E-state index contributed by atoms with van der Waals surface area (Å²) in [7, 11) is 2.01. The molecule has 2 aromatic rings. The number of hydrogen-bond donors (Lipinski definition) is 1. The third-order valence-corrected chi connectivity index (χ3v) is 3.75. The first kappa shape index (κ1) is 12.3. The molecule has 1 aromatic carbocycles. The lowest BCUT2D eigenvalue weighted by molar-refractivity contribution is 0.583. The fourth-order valence-corrected chi connectivity index (χ4v) is 2.67. The summed E-state index contributed by atoms with van der Waals surface area (Å²) in [5.74, 6) is 0.574. The van der Waals surface area contributed by atoms with Crippen LogP contribution in [0.3, 0.4) is 0 Å². The fraction of sp³-hybridized carbons (Fsp3) is 0.357. The molecule has 90 valence electrons. The Morgan fingerprint density at radius 1 is 1.29 bits per heavy atom. The molecule has 0 bridgehead atoms. The van der Waals surface area contributed by atoms with Crippen LogP contribution in [0.5, 0.6) is 0 Å². The molecule has 0 aliphatic heterocycles. The largest absolute Gasteiger partial charge is 0.319 e. The summed E-state index contributed by atoms with van der Waals surface area (Å²) in [6.45, 7) is 1.02. The Hall–Kier alpha value is -1.19. The van der Waals surface area contributed by atoms with Crippen LogP contribution < -0.4 is 5.32 Å². The number of thiazole rings is 1. The van der Waals surface area contributed by atoms with E-state index in [1.807, 2.05) is 18.6 Å². The van der Waals surface area contributed by atoms with E-state index in [0.29, 0.717) is 5.92 Å². The smallest absolute Gasteiger partial charge is 0.0925 e. The highest BCUT2D eigenvalue weighted by Gasteiger charge is 2.11. The number of nitrogens with zero attached hydrogens (tertiary/aromatic N) is 1. The van der Waals surface area contributed by atoms with Crippen LogP contribution in [0.4, 0.5) is 0 Å². The lowest BCUT2D eigenvalue weighted by Gasteiger charge is -2.16. The van der Waals surface area contributed by atoms with Crippen molar-refractivity contribution in [1.29, 1.82) is 0 Å². The first-order chi connectivity index (χ1) is 8.40. The maximum Gasteiger partial charge on any atom is 0.0925 e. The van der Waals surface area contributed by atoms with E-state index in [1.165, 1.54) is 10.6 Å². The van der Waals surface area contributed by atoms with Crippen molar-refractivity contribution in [2.75, 3.05) is 13.6 Å². The maximum absolute atomic E-state index is 4.34. The van der Waals surface area contributed by atoms with Gasteiger partial charge in [0.15, 0.2) is 0 Å². The molecule has 0 amide bonds. The summed E-state index contributed by atoms with van der Waals surface area (Å²) >= 11 is 1.75. The average Bonchev–Trinajstić information content (AvgIpc) is 2.88. The van der Waals surface area contributed by atoms with Crippen LogP contribution in [0, 0.1) is 0 Å². The van der Waals surface area contributed by atoms with E-state index in [4.69, 9.17) is 0 Å². The van der Waals surface area contributed by atoms with Crippen LogP contribution in [-0.4, -0.2) is 18.6 Å². The summed E-state index contributed by atoms with van der Waals surface area (Å²) in [4.78, 5) is 4.34. The van der Waals surface area contributed by atoms with Gasteiger partial charge in [-0.1, -0.05) is 30.3 Å². The Balaban J connectivity index is 1.98. The summed E-state index contributed by atoms with van der Waals surface area (Å²) < 4.78 is 0. The zero-order chi connectivity index (χ0) is 11.9. The van der Waals surface area contributed by atoms with Crippen molar-refractivity contribution in [3.05, 3.63) is 52.5 Å². The first-order valence-corrected chi connectivity index (χ1v) is 6.86. The maximum atomic E-state index is 4.34. The normalized spacial score (nSPS) is 12.5. The second-order valence-electron chi connectivity index (χ2n) is 4.13.